The predicted molar refractivity (Wildman–Crippen MR) is 138 cm³/mol. The summed E-state index contributed by atoms with van der Waals surface area (Å²) in [7, 11) is 0. The summed E-state index contributed by atoms with van der Waals surface area (Å²) >= 11 is 4.50. The maximum atomic E-state index is 14.7. The molecular weight excluding hydrogens is 434 g/mol. The molecular formula is C28H34F2N2S. The molecule has 0 aliphatic rings. The minimum atomic E-state index is -0.452. The van der Waals surface area contributed by atoms with Gasteiger partial charge in [0.25, 0.3) is 0 Å². The van der Waals surface area contributed by atoms with Gasteiger partial charge in [-0.1, -0.05) is 64.6 Å². The molecule has 1 aromatic heterocycles. The molecule has 2 aromatic carbocycles. The summed E-state index contributed by atoms with van der Waals surface area (Å²) in [6, 6.07) is 15.8. The first-order valence-corrected chi connectivity index (χ1v) is 12.0. The summed E-state index contributed by atoms with van der Waals surface area (Å²) in [6.07, 6.45) is 2.90. The van der Waals surface area contributed by atoms with Crippen LogP contribution in [0.5, 0.6) is 0 Å². The molecule has 0 amide bonds. The number of aromatic nitrogens is 1. The lowest BCUT2D eigenvalue weighted by Gasteiger charge is -2.43. The number of hydrogen-bond donors (Lipinski definition) is 1. The third kappa shape index (κ3) is 5.89. The Kier molecular flexibility index (Phi) is 8.06. The molecule has 1 atom stereocenters. The second-order valence-electron chi connectivity index (χ2n) is 9.58. The van der Waals surface area contributed by atoms with Gasteiger partial charge in [0.05, 0.1) is 6.04 Å². The van der Waals surface area contributed by atoms with E-state index in [-0.39, 0.29) is 17.0 Å². The van der Waals surface area contributed by atoms with Crippen molar-refractivity contribution in [3.8, 4) is 11.1 Å². The lowest BCUT2D eigenvalue weighted by Crippen LogP contribution is -2.38. The van der Waals surface area contributed by atoms with E-state index in [2.05, 4.69) is 68.5 Å². The molecule has 0 fully saturated rings. The van der Waals surface area contributed by atoms with Gasteiger partial charge in [0.1, 0.15) is 11.6 Å². The van der Waals surface area contributed by atoms with Gasteiger partial charge in [-0.3, -0.25) is 0 Å². The summed E-state index contributed by atoms with van der Waals surface area (Å²) in [5, 5.41) is 0. The minimum Gasteiger partial charge on any atom is -0.366 e. The Balaban J connectivity index is 2.22. The van der Waals surface area contributed by atoms with Crippen molar-refractivity contribution in [3.05, 3.63) is 96.0 Å². The lowest BCUT2D eigenvalue weighted by molar-refractivity contribution is 0.128. The molecule has 0 unspecified atom stereocenters. The molecule has 0 bridgehead atoms. The Hall–Kier alpha value is -2.53. The van der Waals surface area contributed by atoms with E-state index in [9.17, 15) is 8.78 Å². The molecule has 0 aliphatic heterocycles. The van der Waals surface area contributed by atoms with Crippen molar-refractivity contribution in [2.75, 3.05) is 12.3 Å². The normalized spacial score (nSPS) is 12.6. The molecule has 0 spiro atoms. The van der Waals surface area contributed by atoms with Gasteiger partial charge in [0.2, 0.25) is 0 Å². The zero-order chi connectivity index (χ0) is 24.2. The van der Waals surface area contributed by atoms with Crippen LogP contribution in [-0.4, -0.2) is 21.8 Å². The summed E-state index contributed by atoms with van der Waals surface area (Å²) < 4.78 is 30.9. The van der Waals surface area contributed by atoms with Crippen molar-refractivity contribution in [2.45, 2.75) is 46.7 Å². The number of rotatable bonds is 9. The minimum absolute atomic E-state index is 0.0221. The average molecular weight is 469 g/mol. The van der Waals surface area contributed by atoms with Crippen LogP contribution in [0.3, 0.4) is 0 Å². The Labute approximate surface area is 202 Å². The third-order valence-corrected chi connectivity index (χ3v) is 6.20. The SMILES string of the molecule is C=C(CS)N(CCC)[C@@H](c1cc(-c2cc(F)ccc2F)cn1Cc1ccccc1)C(C)(C)C. The largest absolute Gasteiger partial charge is 0.366 e. The second kappa shape index (κ2) is 10.6. The first-order valence-electron chi connectivity index (χ1n) is 11.4. The van der Waals surface area contributed by atoms with Crippen LogP contribution in [0.25, 0.3) is 11.1 Å². The van der Waals surface area contributed by atoms with Gasteiger partial charge < -0.3 is 9.47 Å². The van der Waals surface area contributed by atoms with Crippen molar-refractivity contribution in [1.29, 1.82) is 0 Å². The van der Waals surface area contributed by atoms with Crippen LogP contribution in [0.15, 0.2) is 73.1 Å². The first-order chi connectivity index (χ1) is 15.7. The van der Waals surface area contributed by atoms with Gasteiger partial charge >= 0.3 is 0 Å². The molecule has 0 radical (unpaired) electrons. The number of halogens is 2. The molecule has 5 heteroatoms. The molecule has 0 N–H and O–H groups in total. The van der Waals surface area contributed by atoms with Gasteiger partial charge in [-0.15, -0.1) is 0 Å². The Morgan fingerprint density at radius 3 is 2.39 bits per heavy atom. The van der Waals surface area contributed by atoms with Crippen LogP contribution in [0.2, 0.25) is 0 Å². The third-order valence-electron chi connectivity index (χ3n) is 5.83. The van der Waals surface area contributed by atoms with Crippen LogP contribution in [0.1, 0.15) is 51.4 Å². The van der Waals surface area contributed by atoms with Gasteiger partial charge in [-0.25, -0.2) is 8.78 Å². The zero-order valence-corrected chi connectivity index (χ0v) is 20.9. The number of nitrogens with zero attached hydrogens (tertiary/aromatic N) is 2. The van der Waals surface area contributed by atoms with Gasteiger partial charge in [0, 0.05) is 47.6 Å². The smallest absolute Gasteiger partial charge is 0.131 e. The van der Waals surface area contributed by atoms with Crippen molar-refractivity contribution in [1.82, 2.24) is 9.47 Å². The molecule has 2 nitrogen and oxygen atoms in total. The predicted octanol–water partition coefficient (Wildman–Crippen LogP) is 7.72. The van der Waals surface area contributed by atoms with Crippen molar-refractivity contribution >= 4 is 12.6 Å². The van der Waals surface area contributed by atoms with Crippen LogP contribution >= 0.6 is 12.6 Å². The summed E-state index contributed by atoms with van der Waals surface area (Å²) in [4.78, 5) is 2.32. The molecule has 33 heavy (non-hydrogen) atoms. The maximum absolute atomic E-state index is 14.7. The number of hydrogen-bond acceptors (Lipinski definition) is 2. The summed E-state index contributed by atoms with van der Waals surface area (Å²) in [5.41, 5.74) is 3.92. The highest BCUT2D eigenvalue weighted by molar-refractivity contribution is 7.80. The van der Waals surface area contributed by atoms with Crippen molar-refractivity contribution in [2.24, 2.45) is 5.41 Å². The Bertz CT molecular complexity index is 1080. The van der Waals surface area contributed by atoms with Crippen LogP contribution in [0.4, 0.5) is 8.78 Å². The maximum Gasteiger partial charge on any atom is 0.131 e. The molecule has 3 aromatic rings. The fourth-order valence-corrected chi connectivity index (χ4v) is 4.59. The quantitative estimate of drug-likeness (QED) is 0.316. The van der Waals surface area contributed by atoms with Gasteiger partial charge in [-0.05, 0) is 41.7 Å². The summed E-state index contributed by atoms with van der Waals surface area (Å²) in [6.45, 7) is 14.5. The van der Waals surface area contributed by atoms with Crippen LogP contribution < -0.4 is 0 Å². The van der Waals surface area contributed by atoms with Crippen LogP contribution in [-0.2, 0) is 6.54 Å². The zero-order valence-electron chi connectivity index (χ0n) is 20.0. The van der Waals surface area contributed by atoms with E-state index < -0.39 is 11.6 Å². The highest BCUT2D eigenvalue weighted by Crippen LogP contribution is 2.42. The fraction of sp³-hybridized carbons (Fsp3) is 0.357. The van der Waals surface area contributed by atoms with Crippen molar-refractivity contribution < 1.29 is 8.78 Å². The van der Waals surface area contributed by atoms with E-state index in [1.54, 1.807) is 0 Å². The lowest BCUT2D eigenvalue weighted by atomic mass is 9.82. The molecule has 0 saturated carbocycles. The second-order valence-corrected chi connectivity index (χ2v) is 9.89. The highest BCUT2D eigenvalue weighted by atomic mass is 32.1. The molecule has 0 saturated heterocycles. The molecule has 1 heterocycles. The van der Waals surface area contributed by atoms with E-state index >= 15 is 0 Å². The fourth-order valence-electron chi connectivity index (χ4n) is 4.41. The van der Waals surface area contributed by atoms with Gasteiger partial charge in [-0.2, -0.15) is 12.6 Å². The van der Waals surface area contributed by atoms with E-state index in [1.165, 1.54) is 12.1 Å². The monoisotopic (exact) mass is 468 g/mol. The molecule has 3 rings (SSSR count). The Morgan fingerprint density at radius 1 is 1.09 bits per heavy atom. The van der Waals surface area contributed by atoms with Gasteiger partial charge in [0.15, 0.2) is 0 Å². The van der Waals surface area contributed by atoms with Crippen LogP contribution in [0, 0.1) is 17.0 Å². The van der Waals surface area contributed by atoms with E-state index in [0.717, 1.165) is 36.0 Å². The number of thiol groups is 1. The van der Waals surface area contributed by atoms with E-state index in [1.807, 2.05) is 30.5 Å². The van der Waals surface area contributed by atoms with E-state index in [4.69, 9.17) is 0 Å². The molecule has 0 aliphatic carbocycles. The summed E-state index contributed by atoms with van der Waals surface area (Å²) in [5.74, 6) is -0.332. The standard InChI is InChI=1S/C28H34F2N2S/c1-6-14-32(20(2)19-33)27(28(3,4)5)26-15-22(24-16-23(29)12-13-25(24)30)18-31(26)17-21-10-8-7-9-11-21/h7-13,15-16,18,27,33H,2,6,14,17,19H2,1,3-5H3/t27-/m0/s1. The van der Waals surface area contributed by atoms with Crippen molar-refractivity contribution in [3.63, 3.8) is 0 Å². The Morgan fingerprint density at radius 2 is 1.79 bits per heavy atom. The highest BCUT2D eigenvalue weighted by Gasteiger charge is 2.35. The topological polar surface area (TPSA) is 8.17 Å². The first kappa shape index (κ1) is 25.1. The number of benzene rings is 2. The molecule has 176 valence electrons. The average Bonchev–Trinajstić information content (AvgIpc) is 3.17. The van der Waals surface area contributed by atoms with E-state index in [0.29, 0.717) is 17.9 Å².